The molecule has 3 rings (SSSR count). The van der Waals surface area contributed by atoms with Crippen molar-refractivity contribution in [2.24, 2.45) is 0 Å². The minimum atomic E-state index is -0.134. The van der Waals surface area contributed by atoms with Crippen molar-refractivity contribution in [1.82, 2.24) is 0 Å². The van der Waals surface area contributed by atoms with Gasteiger partial charge in [0.05, 0.1) is 18.7 Å². The van der Waals surface area contributed by atoms with Crippen LogP contribution in [0.3, 0.4) is 0 Å². The van der Waals surface area contributed by atoms with Gasteiger partial charge >= 0.3 is 0 Å². The lowest BCUT2D eigenvalue weighted by Crippen LogP contribution is -2.22. The summed E-state index contributed by atoms with van der Waals surface area (Å²) in [6, 6.07) is 15.5. The van der Waals surface area contributed by atoms with Crippen LogP contribution in [0.25, 0.3) is 0 Å². The fourth-order valence-corrected chi connectivity index (χ4v) is 2.50. The molecule has 0 radical (unpaired) electrons. The van der Waals surface area contributed by atoms with E-state index >= 15 is 0 Å². The van der Waals surface area contributed by atoms with Crippen LogP contribution in [0.1, 0.15) is 18.4 Å². The number of carbonyl (C=O) groups is 1. The SMILES string of the molecule is COc1ccc2c(c1)[C@@H](C)C(=O)N2c1ccccc1. The summed E-state index contributed by atoms with van der Waals surface area (Å²) in [6.07, 6.45) is 0. The highest BCUT2D eigenvalue weighted by Gasteiger charge is 2.35. The molecule has 1 aliphatic rings. The molecule has 96 valence electrons. The zero-order valence-electron chi connectivity index (χ0n) is 11.0. The molecule has 19 heavy (non-hydrogen) atoms. The van der Waals surface area contributed by atoms with Gasteiger partial charge in [-0.1, -0.05) is 18.2 Å². The Labute approximate surface area is 112 Å². The number of methoxy groups -OCH3 is 1. The fraction of sp³-hybridized carbons (Fsp3) is 0.188. The smallest absolute Gasteiger partial charge is 0.238 e. The maximum Gasteiger partial charge on any atom is 0.238 e. The largest absolute Gasteiger partial charge is 0.497 e. The van der Waals surface area contributed by atoms with Crippen molar-refractivity contribution in [3.63, 3.8) is 0 Å². The molecule has 0 aliphatic carbocycles. The molecule has 2 aromatic carbocycles. The van der Waals surface area contributed by atoms with Crippen molar-refractivity contribution in [3.05, 3.63) is 54.1 Å². The standard InChI is InChI=1S/C16H15NO2/c1-11-14-10-13(19-2)8-9-15(14)17(16(11)18)12-6-4-3-5-7-12/h3-11H,1-2H3/t11-/m1/s1. The molecule has 1 heterocycles. The molecule has 0 unspecified atom stereocenters. The van der Waals surface area contributed by atoms with Crippen molar-refractivity contribution < 1.29 is 9.53 Å². The maximum absolute atomic E-state index is 12.4. The van der Waals surface area contributed by atoms with Crippen LogP contribution in [-0.4, -0.2) is 13.0 Å². The molecule has 1 amide bonds. The van der Waals surface area contributed by atoms with Crippen molar-refractivity contribution in [2.75, 3.05) is 12.0 Å². The summed E-state index contributed by atoms with van der Waals surface area (Å²) < 4.78 is 5.23. The average Bonchev–Trinajstić information content (AvgIpc) is 2.71. The number of hydrogen-bond donors (Lipinski definition) is 0. The van der Waals surface area contributed by atoms with E-state index in [-0.39, 0.29) is 11.8 Å². The number of nitrogens with zero attached hydrogens (tertiary/aromatic N) is 1. The van der Waals surface area contributed by atoms with Crippen molar-refractivity contribution >= 4 is 17.3 Å². The zero-order valence-corrected chi connectivity index (χ0v) is 11.0. The van der Waals surface area contributed by atoms with Crippen LogP contribution in [-0.2, 0) is 4.79 Å². The van der Waals surface area contributed by atoms with E-state index in [0.717, 1.165) is 22.7 Å². The molecule has 2 aromatic rings. The first-order chi connectivity index (χ1) is 9.22. The number of amides is 1. The Hall–Kier alpha value is -2.29. The highest BCUT2D eigenvalue weighted by atomic mass is 16.5. The van der Waals surface area contributed by atoms with E-state index in [1.54, 1.807) is 12.0 Å². The Morgan fingerprint density at radius 2 is 1.84 bits per heavy atom. The lowest BCUT2D eigenvalue weighted by atomic mass is 10.0. The minimum absolute atomic E-state index is 0.106. The summed E-state index contributed by atoms with van der Waals surface area (Å²) in [5, 5.41) is 0. The highest BCUT2D eigenvalue weighted by molar-refractivity contribution is 6.10. The van der Waals surface area contributed by atoms with Crippen LogP contribution < -0.4 is 9.64 Å². The number of benzene rings is 2. The Morgan fingerprint density at radius 1 is 1.11 bits per heavy atom. The van der Waals surface area contributed by atoms with Gasteiger partial charge in [-0.3, -0.25) is 9.69 Å². The van der Waals surface area contributed by atoms with Crippen molar-refractivity contribution in [2.45, 2.75) is 12.8 Å². The molecule has 1 atom stereocenters. The molecule has 0 fully saturated rings. The summed E-state index contributed by atoms with van der Waals surface area (Å²) in [5.74, 6) is 0.757. The minimum Gasteiger partial charge on any atom is -0.497 e. The van der Waals surface area contributed by atoms with Gasteiger partial charge in [0.15, 0.2) is 0 Å². The van der Waals surface area contributed by atoms with Gasteiger partial charge < -0.3 is 4.74 Å². The van der Waals surface area contributed by atoms with E-state index < -0.39 is 0 Å². The average molecular weight is 253 g/mol. The Kier molecular flexibility index (Phi) is 2.75. The topological polar surface area (TPSA) is 29.5 Å². The molecule has 0 saturated carbocycles. The van der Waals surface area contributed by atoms with E-state index in [1.165, 1.54) is 0 Å². The zero-order chi connectivity index (χ0) is 13.4. The van der Waals surface area contributed by atoms with Crippen LogP contribution >= 0.6 is 0 Å². The van der Waals surface area contributed by atoms with E-state index in [1.807, 2.05) is 55.5 Å². The number of anilines is 2. The summed E-state index contributed by atoms with van der Waals surface area (Å²) in [7, 11) is 1.64. The molecular weight excluding hydrogens is 238 g/mol. The Balaban J connectivity index is 2.13. The van der Waals surface area contributed by atoms with Gasteiger partial charge in [0.2, 0.25) is 5.91 Å². The van der Waals surface area contributed by atoms with Gasteiger partial charge in [0.1, 0.15) is 5.75 Å². The molecule has 0 N–H and O–H groups in total. The first kappa shape index (κ1) is 11.8. The monoisotopic (exact) mass is 253 g/mol. The molecule has 0 spiro atoms. The van der Waals surface area contributed by atoms with Crippen LogP contribution in [0.4, 0.5) is 11.4 Å². The molecule has 3 heteroatoms. The van der Waals surface area contributed by atoms with Gasteiger partial charge in [-0.05, 0) is 42.8 Å². The third-order valence-electron chi connectivity index (χ3n) is 3.55. The summed E-state index contributed by atoms with van der Waals surface area (Å²) >= 11 is 0. The molecule has 0 aromatic heterocycles. The van der Waals surface area contributed by atoms with Gasteiger partial charge in [-0.2, -0.15) is 0 Å². The fourth-order valence-electron chi connectivity index (χ4n) is 2.50. The summed E-state index contributed by atoms with van der Waals surface area (Å²) in [4.78, 5) is 14.2. The first-order valence-electron chi connectivity index (χ1n) is 6.29. The second kappa shape index (κ2) is 4.43. The van der Waals surface area contributed by atoms with E-state index in [2.05, 4.69) is 0 Å². The van der Waals surface area contributed by atoms with Gasteiger partial charge in [-0.15, -0.1) is 0 Å². The van der Waals surface area contributed by atoms with Crippen LogP contribution in [0.2, 0.25) is 0 Å². The lowest BCUT2D eigenvalue weighted by Gasteiger charge is -2.17. The van der Waals surface area contributed by atoms with E-state index in [9.17, 15) is 4.79 Å². The van der Waals surface area contributed by atoms with Gasteiger partial charge in [0.25, 0.3) is 0 Å². The third-order valence-corrected chi connectivity index (χ3v) is 3.55. The number of rotatable bonds is 2. The van der Waals surface area contributed by atoms with E-state index in [0.29, 0.717) is 0 Å². The van der Waals surface area contributed by atoms with Crippen LogP contribution in [0.5, 0.6) is 5.75 Å². The first-order valence-corrected chi connectivity index (χ1v) is 6.29. The maximum atomic E-state index is 12.4. The second-order valence-electron chi connectivity index (χ2n) is 4.66. The molecule has 0 bridgehead atoms. The number of carbonyl (C=O) groups excluding carboxylic acids is 1. The third kappa shape index (κ3) is 1.78. The summed E-state index contributed by atoms with van der Waals surface area (Å²) in [6.45, 7) is 1.93. The quantitative estimate of drug-likeness (QED) is 0.820. The predicted molar refractivity (Wildman–Crippen MR) is 75.0 cm³/mol. The number of hydrogen-bond acceptors (Lipinski definition) is 2. The van der Waals surface area contributed by atoms with Crippen molar-refractivity contribution in [1.29, 1.82) is 0 Å². The molecule has 0 saturated heterocycles. The highest BCUT2D eigenvalue weighted by Crippen LogP contribution is 2.42. The number of fused-ring (bicyclic) bond motifs is 1. The number of ether oxygens (including phenoxy) is 1. The van der Waals surface area contributed by atoms with Crippen LogP contribution in [0.15, 0.2) is 48.5 Å². The normalized spacial score (nSPS) is 17.5. The number of para-hydroxylation sites is 1. The predicted octanol–water partition coefficient (Wildman–Crippen LogP) is 3.48. The lowest BCUT2D eigenvalue weighted by molar-refractivity contribution is -0.118. The van der Waals surface area contributed by atoms with Crippen LogP contribution in [0, 0.1) is 0 Å². The Bertz CT molecular complexity index is 622. The van der Waals surface area contributed by atoms with Gasteiger partial charge in [0, 0.05) is 5.69 Å². The molecular formula is C16H15NO2. The molecule has 1 aliphatic heterocycles. The Morgan fingerprint density at radius 3 is 2.53 bits per heavy atom. The second-order valence-corrected chi connectivity index (χ2v) is 4.66. The van der Waals surface area contributed by atoms with Crippen molar-refractivity contribution in [3.8, 4) is 5.75 Å². The summed E-state index contributed by atoms with van der Waals surface area (Å²) in [5.41, 5.74) is 2.88. The van der Waals surface area contributed by atoms with Gasteiger partial charge in [-0.25, -0.2) is 0 Å². The van der Waals surface area contributed by atoms with E-state index in [4.69, 9.17) is 4.74 Å². The molecule has 3 nitrogen and oxygen atoms in total.